The van der Waals surface area contributed by atoms with Crippen LogP contribution in [0, 0.1) is 11.3 Å². The second kappa shape index (κ2) is 5.44. The molecule has 0 N–H and O–H groups in total. The van der Waals surface area contributed by atoms with Gasteiger partial charge in [0.25, 0.3) is 0 Å². The predicted octanol–water partition coefficient (Wildman–Crippen LogP) is 3.71. The summed E-state index contributed by atoms with van der Waals surface area (Å²) >= 11 is 0. The molecule has 0 saturated carbocycles. The fraction of sp³-hybridized carbons (Fsp3) is 0.200. The first kappa shape index (κ1) is 14.9. The molecule has 0 saturated heterocycles. The maximum atomic E-state index is 13.1. The predicted molar refractivity (Wildman–Crippen MR) is 73.7 cm³/mol. The molecule has 0 radical (unpaired) electrons. The molecule has 1 aromatic heterocycles. The van der Waals surface area contributed by atoms with Crippen LogP contribution in [0.3, 0.4) is 0 Å². The summed E-state index contributed by atoms with van der Waals surface area (Å²) in [6.07, 6.45) is -3.11. The van der Waals surface area contributed by atoms with Gasteiger partial charge >= 0.3 is 6.18 Å². The van der Waals surface area contributed by atoms with Crippen molar-refractivity contribution in [2.75, 3.05) is 19.0 Å². The third-order valence-corrected chi connectivity index (χ3v) is 2.92. The summed E-state index contributed by atoms with van der Waals surface area (Å²) in [6.45, 7) is 0. The Bertz CT molecular complexity index is 700. The molecule has 0 spiro atoms. The van der Waals surface area contributed by atoms with Gasteiger partial charge in [0.1, 0.15) is 5.82 Å². The number of nitrogens with zero attached hydrogens (tertiary/aromatic N) is 3. The third kappa shape index (κ3) is 3.14. The van der Waals surface area contributed by atoms with Gasteiger partial charge in [0.15, 0.2) is 0 Å². The lowest BCUT2D eigenvalue weighted by Gasteiger charge is -2.19. The molecule has 3 nitrogen and oxygen atoms in total. The van der Waals surface area contributed by atoms with Crippen LogP contribution in [0.2, 0.25) is 0 Å². The zero-order valence-electron chi connectivity index (χ0n) is 11.4. The quantitative estimate of drug-likeness (QED) is 0.847. The lowest BCUT2D eigenvalue weighted by Crippen LogP contribution is -2.18. The number of benzene rings is 1. The van der Waals surface area contributed by atoms with Gasteiger partial charge in [0.05, 0.1) is 17.2 Å². The van der Waals surface area contributed by atoms with Gasteiger partial charge in [0, 0.05) is 25.9 Å². The van der Waals surface area contributed by atoms with Crippen molar-refractivity contribution in [2.45, 2.75) is 6.18 Å². The summed E-state index contributed by atoms with van der Waals surface area (Å²) < 4.78 is 39.4. The number of rotatable bonds is 2. The van der Waals surface area contributed by atoms with E-state index in [1.807, 2.05) is 6.07 Å². The fourth-order valence-corrected chi connectivity index (χ4v) is 1.95. The van der Waals surface area contributed by atoms with Gasteiger partial charge < -0.3 is 4.90 Å². The summed E-state index contributed by atoms with van der Waals surface area (Å²) in [5, 5.41) is 8.86. The monoisotopic (exact) mass is 291 g/mol. The van der Waals surface area contributed by atoms with E-state index in [2.05, 4.69) is 4.98 Å². The van der Waals surface area contributed by atoms with Gasteiger partial charge in [0.2, 0.25) is 0 Å². The summed E-state index contributed by atoms with van der Waals surface area (Å²) in [5.74, 6) is -0.136. The number of halogens is 3. The van der Waals surface area contributed by atoms with Crippen LogP contribution >= 0.6 is 0 Å². The average Bonchev–Trinajstić information content (AvgIpc) is 2.45. The molecule has 1 aromatic carbocycles. The van der Waals surface area contributed by atoms with E-state index in [0.717, 1.165) is 6.07 Å². The van der Waals surface area contributed by atoms with Crippen LogP contribution in [0.4, 0.5) is 19.0 Å². The first-order chi connectivity index (χ1) is 9.82. The van der Waals surface area contributed by atoms with Crippen LogP contribution in [-0.4, -0.2) is 19.1 Å². The van der Waals surface area contributed by atoms with E-state index >= 15 is 0 Å². The highest BCUT2D eigenvalue weighted by Crippen LogP contribution is 2.37. The van der Waals surface area contributed by atoms with Crippen molar-refractivity contribution in [3.63, 3.8) is 0 Å². The van der Waals surface area contributed by atoms with Crippen molar-refractivity contribution < 1.29 is 13.2 Å². The van der Waals surface area contributed by atoms with Crippen LogP contribution in [-0.2, 0) is 6.18 Å². The highest BCUT2D eigenvalue weighted by Gasteiger charge is 2.35. The molecule has 0 aliphatic rings. The van der Waals surface area contributed by atoms with Gasteiger partial charge in [-0.25, -0.2) is 4.98 Å². The Balaban J connectivity index is 2.59. The standard InChI is InChI=1S/C15H12F3N3/c1-21(2)14-13(15(16,17)18)7-12(9-20-14)11-5-3-4-10(6-11)8-19/h3-7,9H,1-2H3. The molecule has 0 fully saturated rings. The molecule has 2 aromatic rings. The van der Waals surface area contributed by atoms with E-state index in [9.17, 15) is 13.2 Å². The Morgan fingerprint density at radius 2 is 1.86 bits per heavy atom. The summed E-state index contributed by atoms with van der Waals surface area (Å²) in [7, 11) is 3.01. The SMILES string of the molecule is CN(C)c1ncc(-c2cccc(C#N)c2)cc1C(F)(F)F. The van der Waals surface area contributed by atoms with Crippen molar-refractivity contribution in [1.29, 1.82) is 5.26 Å². The fourth-order valence-electron chi connectivity index (χ4n) is 1.95. The second-order valence-corrected chi connectivity index (χ2v) is 4.68. The van der Waals surface area contributed by atoms with Crippen LogP contribution < -0.4 is 4.90 Å². The maximum Gasteiger partial charge on any atom is 0.419 e. The van der Waals surface area contributed by atoms with Gasteiger partial charge in [-0.2, -0.15) is 18.4 Å². The largest absolute Gasteiger partial charge is 0.419 e. The number of alkyl halides is 3. The Kier molecular flexibility index (Phi) is 3.85. The zero-order valence-corrected chi connectivity index (χ0v) is 11.4. The van der Waals surface area contributed by atoms with Gasteiger partial charge in [-0.3, -0.25) is 0 Å². The van der Waals surface area contributed by atoms with Crippen LogP contribution in [0.25, 0.3) is 11.1 Å². The molecule has 21 heavy (non-hydrogen) atoms. The molecule has 0 aliphatic heterocycles. The normalized spacial score (nSPS) is 11.0. The van der Waals surface area contributed by atoms with Crippen molar-refractivity contribution in [1.82, 2.24) is 4.98 Å². The Labute approximate surface area is 120 Å². The van der Waals surface area contributed by atoms with E-state index < -0.39 is 11.7 Å². The molecular formula is C15H12F3N3. The lowest BCUT2D eigenvalue weighted by atomic mass is 10.0. The molecule has 0 aliphatic carbocycles. The maximum absolute atomic E-state index is 13.1. The van der Waals surface area contributed by atoms with E-state index in [1.54, 1.807) is 18.2 Å². The minimum Gasteiger partial charge on any atom is -0.362 e. The molecule has 2 rings (SSSR count). The molecule has 0 atom stereocenters. The molecule has 108 valence electrons. The van der Waals surface area contributed by atoms with Crippen molar-refractivity contribution in [3.8, 4) is 17.2 Å². The minimum atomic E-state index is -4.49. The number of aromatic nitrogens is 1. The number of pyridine rings is 1. The summed E-state index contributed by atoms with van der Waals surface area (Å²) in [4.78, 5) is 5.22. The number of anilines is 1. The van der Waals surface area contributed by atoms with E-state index in [4.69, 9.17) is 5.26 Å². The highest BCUT2D eigenvalue weighted by molar-refractivity contribution is 5.67. The van der Waals surface area contributed by atoms with E-state index in [0.29, 0.717) is 16.7 Å². The smallest absolute Gasteiger partial charge is 0.362 e. The van der Waals surface area contributed by atoms with Crippen molar-refractivity contribution >= 4 is 5.82 Å². The van der Waals surface area contributed by atoms with Gasteiger partial charge in [-0.15, -0.1) is 0 Å². The lowest BCUT2D eigenvalue weighted by molar-refractivity contribution is -0.137. The third-order valence-electron chi connectivity index (χ3n) is 2.92. The summed E-state index contributed by atoms with van der Waals surface area (Å²) in [6, 6.07) is 9.41. The van der Waals surface area contributed by atoms with Gasteiger partial charge in [-0.1, -0.05) is 12.1 Å². The average molecular weight is 291 g/mol. The molecule has 0 amide bonds. The highest BCUT2D eigenvalue weighted by atomic mass is 19.4. The van der Waals surface area contributed by atoms with Crippen LogP contribution in [0.1, 0.15) is 11.1 Å². The molecule has 0 bridgehead atoms. The topological polar surface area (TPSA) is 39.9 Å². The molecule has 0 unspecified atom stereocenters. The first-order valence-corrected chi connectivity index (χ1v) is 6.08. The first-order valence-electron chi connectivity index (χ1n) is 6.08. The Morgan fingerprint density at radius 3 is 2.43 bits per heavy atom. The minimum absolute atomic E-state index is 0.136. The summed E-state index contributed by atoms with van der Waals surface area (Å²) in [5.41, 5.74) is 0.437. The number of nitriles is 1. The Morgan fingerprint density at radius 1 is 1.14 bits per heavy atom. The van der Waals surface area contributed by atoms with Crippen molar-refractivity contribution in [3.05, 3.63) is 47.7 Å². The molecule has 6 heteroatoms. The Hall–Kier alpha value is -2.55. The number of hydrogen-bond donors (Lipinski definition) is 0. The van der Waals surface area contributed by atoms with Crippen LogP contribution in [0.15, 0.2) is 36.5 Å². The van der Waals surface area contributed by atoms with E-state index in [1.165, 1.54) is 31.3 Å². The molecule has 1 heterocycles. The van der Waals surface area contributed by atoms with Crippen molar-refractivity contribution in [2.24, 2.45) is 0 Å². The van der Waals surface area contributed by atoms with Gasteiger partial charge in [-0.05, 0) is 23.8 Å². The zero-order chi connectivity index (χ0) is 15.6. The van der Waals surface area contributed by atoms with Crippen LogP contribution in [0.5, 0.6) is 0 Å². The van der Waals surface area contributed by atoms with E-state index in [-0.39, 0.29) is 5.82 Å². The number of hydrogen-bond acceptors (Lipinski definition) is 3. The molecular weight excluding hydrogens is 279 g/mol. The second-order valence-electron chi connectivity index (χ2n) is 4.68.